The lowest BCUT2D eigenvalue weighted by atomic mass is 9.82. The number of hydrogen-bond acceptors (Lipinski definition) is 5. The average molecular weight is 535 g/mol. The van der Waals surface area contributed by atoms with Gasteiger partial charge in [0.1, 0.15) is 6.04 Å². The number of carbonyl (C=O) groups is 1. The Balaban J connectivity index is 0.00000245. The van der Waals surface area contributed by atoms with E-state index in [-0.39, 0.29) is 29.3 Å². The lowest BCUT2D eigenvalue weighted by molar-refractivity contribution is -1.01. The third-order valence-corrected chi connectivity index (χ3v) is 9.32. The van der Waals surface area contributed by atoms with Gasteiger partial charge >= 0.3 is 5.97 Å². The molecule has 1 aromatic carbocycles. The van der Waals surface area contributed by atoms with Crippen LogP contribution in [0.2, 0.25) is 0 Å². The van der Waals surface area contributed by atoms with Gasteiger partial charge in [-0.25, -0.2) is 4.79 Å². The number of esters is 1. The molecular weight excluding hydrogens is 506 g/mol. The van der Waals surface area contributed by atoms with Gasteiger partial charge in [-0.2, -0.15) is 0 Å². The fourth-order valence-electron chi connectivity index (χ4n) is 5.44. The molecule has 0 amide bonds. The maximum atomic E-state index is 13.6. The third kappa shape index (κ3) is 3.88. The van der Waals surface area contributed by atoms with Gasteiger partial charge in [0.25, 0.3) is 0 Å². The minimum Gasteiger partial charge on any atom is -1.00 e. The molecule has 5 heterocycles. The Morgan fingerprint density at radius 3 is 2.16 bits per heavy atom. The quantitative estimate of drug-likeness (QED) is 0.390. The van der Waals surface area contributed by atoms with Gasteiger partial charge in [0, 0.05) is 24.8 Å². The van der Waals surface area contributed by atoms with Gasteiger partial charge in [0.05, 0.1) is 22.8 Å². The summed E-state index contributed by atoms with van der Waals surface area (Å²) in [5.41, 5.74) is -0.476. The molecule has 7 heteroatoms. The molecule has 1 N–H and O–H groups in total. The van der Waals surface area contributed by atoms with Crippen molar-refractivity contribution in [3.63, 3.8) is 0 Å². The van der Waals surface area contributed by atoms with Crippen molar-refractivity contribution >= 4 is 28.6 Å². The van der Waals surface area contributed by atoms with Gasteiger partial charge < -0.3 is 26.8 Å². The van der Waals surface area contributed by atoms with Crippen molar-refractivity contribution in [2.45, 2.75) is 44.1 Å². The van der Waals surface area contributed by atoms with Crippen molar-refractivity contribution < 1.29 is 36.1 Å². The smallest absolute Gasteiger partial charge is 0.353 e. The first-order valence-corrected chi connectivity index (χ1v) is 12.7. The molecule has 3 aliphatic heterocycles. The first-order chi connectivity index (χ1) is 15.0. The zero-order chi connectivity index (χ0) is 21.5. The maximum Gasteiger partial charge on any atom is 0.353 e. The number of nitrogens with zero attached hydrogens (tertiary/aromatic N) is 1. The Kier molecular flexibility index (Phi) is 6.94. The van der Waals surface area contributed by atoms with Crippen LogP contribution in [0.25, 0.3) is 0 Å². The van der Waals surface area contributed by atoms with Crippen molar-refractivity contribution in [1.29, 1.82) is 0 Å². The van der Waals surface area contributed by atoms with Gasteiger partial charge in [-0.15, -0.1) is 22.7 Å². The zero-order valence-electron chi connectivity index (χ0n) is 18.0. The molecule has 4 nitrogen and oxygen atoms in total. The number of quaternary nitrogens is 1. The number of hydrogen-bond donors (Lipinski definition) is 1. The molecule has 3 aliphatic rings. The number of ether oxygens (including phenoxy) is 1. The Morgan fingerprint density at radius 2 is 1.62 bits per heavy atom. The highest BCUT2D eigenvalue weighted by atomic mass is 79.9. The third-order valence-electron chi connectivity index (χ3n) is 7.36. The zero-order valence-corrected chi connectivity index (χ0v) is 21.2. The van der Waals surface area contributed by atoms with E-state index in [0.29, 0.717) is 15.7 Å². The monoisotopic (exact) mass is 533 g/mol. The molecular formula is C25H28BrNO3S2. The summed E-state index contributed by atoms with van der Waals surface area (Å²) in [6.45, 7) is 4.27. The molecule has 3 aromatic rings. The molecule has 0 saturated carbocycles. The molecule has 32 heavy (non-hydrogen) atoms. The minimum absolute atomic E-state index is 0. The number of benzene rings is 1. The van der Waals surface area contributed by atoms with Crippen LogP contribution in [0, 0.1) is 5.92 Å². The fourth-order valence-corrected chi connectivity index (χ4v) is 7.15. The summed E-state index contributed by atoms with van der Waals surface area (Å²) < 4.78 is 7.04. The molecule has 0 spiro atoms. The molecule has 6 rings (SSSR count). The number of thiophene rings is 2. The summed E-state index contributed by atoms with van der Waals surface area (Å²) in [6.07, 6.45) is 2.98. The van der Waals surface area contributed by atoms with Crippen molar-refractivity contribution in [2.75, 3.05) is 13.1 Å². The standard InChI is InChI=1S/C25H28NO3S2.BrH/c1-18(20-7-3-2-4-8-20)26-13-11-19(12-14-26)17-23(26)29-24(27)25(28,21-9-5-15-30-21)22-10-6-16-31-22;/h2-10,15-16,18-19,23,28H,11-14,17H2,1H3;1H/q+1;/p-1/t18?,19?,23-,26?;/m1./s1. The second-order valence-electron chi connectivity index (χ2n) is 8.84. The molecule has 2 aromatic heterocycles. The summed E-state index contributed by atoms with van der Waals surface area (Å²) >= 11 is 2.77. The van der Waals surface area contributed by atoms with Crippen molar-refractivity contribution in [3.05, 3.63) is 80.7 Å². The lowest BCUT2D eigenvalue weighted by Gasteiger charge is -2.56. The maximum absolute atomic E-state index is 13.6. The van der Waals surface area contributed by atoms with E-state index in [0.717, 1.165) is 24.0 Å². The number of fused-ring (bicyclic) bond motifs is 3. The summed E-state index contributed by atoms with van der Waals surface area (Å²) in [5, 5.41) is 15.5. The van der Waals surface area contributed by atoms with Crippen molar-refractivity contribution in [3.8, 4) is 0 Å². The van der Waals surface area contributed by atoms with Crippen LogP contribution in [0.15, 0.2) is 65.4 Å². The summed E-state index contributed by atoms with van der Waals surface area (Å²) in [7, 11) is 0. The van der Waals surface area contributed by atoms with Crippen LogP contribution in [0.4, 0.5) is 0 Å². The van der Waals surface area contributed by atoms with Crippen molar-refractivity contribution in [2.24, 2.45) is 5.92 Å². The van der Waals surface area contributed by atoms with Crippen LogP contribution in [-0.4, -0.2) is 34.9 Å². The first-order valence-electron chi connectivity index (χ1n) is 11.0. The van der Waals surface area contributed by atoms with Crippen LogP contribution in [0.1, 0.15) is 47.5 Å². The van der Waals surface area contributed by atoms with Crippen LogP contribution in [-0.2, 0) is 15.1 Å². The van der Waals surface area contributed by atoms with Gasteiger partial charge in [0.15, 0.2) is 0 Å². The molecule has 3 saturated heterocycles. The molecule has 0 radical (unpaired) electrons. The van der Waals surface area contributed by atoms with E-state index in [1.165, 1.54) is 41.1 Å². The number of halogens is 1. The lowest BCUT2D eigenvalue weighted by Crippen LogP contribution is -3.00. The largest absolute Gasteiger partial charge is 1.00 e. The van der Waals surface area contributed by atoms with Crippen LogP contribution in [0.3, 0.4) is 0 Å². The first kappa shape index (κ1) is 23.6. The molecule has 2 bridgehead atoms. The highest BCUT2D eigenvalue weighted by Gasteiger charge is 2.55. The predicted octanol–water partition coefficient (Wildman–Crippen LogP) is 2.31. The van der Waals surface area contributed by atoms with E-state index < -0.39 is 11.6 Å². The molecule has 2 atom stereocenters. The normalized spacial score (nSPS) is 25.7. The van der Waals surface area contributed by atoms with E-state index in [4.69, 9.17) is 4.74 Å². The number of carbonyl (C=O) groups excluding carboxylic acids is 1. The molecule has 0 aliphatic carbocycles. The van der Waals surface area contributed by atoms with E-state index >= 15 is 0 Å². The van der Waals surface area contributed by atoms with Crippen LogP contribution >= 0.6 is 22.7 Å². The van der Waals surface area contributed by atoms with Crippen LogP contribution in [0.5, 0.6) is 0 Å². The van der Waals surface area contributed by atoms with E-state index in [2.05, 4.69) is 31.2 Å². The Bertz CT molecular complexity index is 981. The Labute approximate surface area is 207 Å². The topological polar surface area (TPSA) is 46.5 Å². The second kappa shape index (κ2) is 9.39. The minimum atomic E-state index is -1.75. The van der Waals surface area contributed by atoms with E-state index in [1.54, 1.807) is 0 Å². The highest BCUT2D eigenvalue weighted by Crippen LogP contribution is 2.47. The molecule has 170 valence electrons. The number of aliphatic hydroxyl groups is 1. The van der Waals surface area contributed by atoms with Gasteiger partial charge in [-0.05, 0) is 35.7 Å². The average Bonchev–Trinajstić information content (AvgIpc) is 3.54. The van der Waals surface area contributed by atoms with Gasteiger partial charge in [0.2, 0.25) is 11.8 Å². The van der Waals surface area contributed by atoms with Gasteiger partial charge in [-0.1, -0.05) is 42.5 Å². The number of piperidine rings is 3. The van der Waals surface area contributed by atoms with Crippen molar-refractivity contribution in [1.82, 2.24) is 0 Å². The van der Waals surface area contributed by atoms with E-state index in [9.17, 15) is 9.90 Å². The second-order valence-corrected chi connectivity index (χ2v) is 10.7. The number of rotatable bonds is 6. The predicted molar refractivity (Wildman–Crippen MR) is 124 cm³/mol. The summed E-state index contributed by atoms with van der Waals surface area (Å²) in [6, 6.07) is 18.1. The molecule has 1 unspecified atom stereocenters. The summed E-state index contributed by atoms with van der Waals surface area (Å²) in [5.74, 6) is 0.0463. The Hall–Kier alpha value is -1.51. The fraction of sp³-hybridized carbons (Fsp3) is 0.400. The summed E-state index contributed by atoms with van der Waals surface area (Å²) in [4.78, 5) is 14.9. The van der Waals surface area contributed by atoms with E-state index in [1.807, 2.05) is 41.1 Å². The highest BCUT2D eigenvalue weighted by molar-refractivity contribution is 7.12. The Morgan fingerprint density at radius 1 is 1.03 bits per heavy atom. The van der Waals surface area contributed by atoms with Gasteiger partial charge in [-0.3, -0.25) is 4.48 Å². The molecule has 3 fully saturated rings. The van der Waals surface area contributed by atoms with Crippen LogP contribution < -0.4 is 17.0 Å². The SMILES string of the molecule is CC(c1ccccc1)[N+]12CCC(CC1)C[C@H]2OC(=O)C(O)(c1cccs1)c1cccs1.[Br-].